The van der Waals surface area contributed by atoms with Crippen LogP contribution in [0.3, 0.4) is 0 Å². The normalized spacial score (nSPS) is 19.1. The van der Waals surface area contributed by atoms with Gasteiger partial charge in [0.2, 0.25) is 5.91 Å². The van der Waals surface area contributed by atoms with Crippen molar-refractivity contribution in [2.75, 3.05) is 19.5 Å². The number of nitrogens with zero attached hydrogens (tertiary/aromatic N) is 3. The highest BCUT2D eigenvalue weighted by Gasteiger charge is 2.36. The summed E-state index contributed by atoms with van der Waals surface area (Å²) in [7, 11) is 2.97. The van der Waals surface area contributed by atoms with Gasteiger partial charge in [0, 0.05) is 20.2 Å². The van der Waals surface area contributed by atoms with Gasteiger partial charge in [0.15, 0.2) is 5.82 Å². The number of ether oxygens (including phenoxy) is 1. The Hall–Kier alpha value is -1.73. The summed E-state index contributed by atoms with van der Waals surface area (Å²) >= 11 is 5.86. The number of imide groups is 1. The Morgan fingerprint density at radius 2 is 2.26 bits per heavy atom. The molecule has 19 heavy (non-hydrogen) atoms. The molecule has 7 nitrogen and oxygen atoms in total. The largest absolute Gasteiger partial charge is 0.377 e. The summed E-state index contributed by atoms with van der Waals surface area (Å²) in [6.45, 7) is 0.215. The molecule has 2 heterocycles. The number of halogens is 1. The smallest absolute Gasteiger partial charge is 0.251 e. The van der Waals surface area contributed by atoms with E-state index in [4.69, 9.17) is 16.3 Å². The molecular formula is C11H13ClN4O3. The lowest BCUT2D eigenvalue weighted by atomic mass is 10.2. The first-order valence-electron chi connectivity index (χ1n) is 5.60. The Kier molecular flexibility index (Phi) is 3.96. The van der Waals surface area contributed by atoms with E-state index in [-0.39, 0.29) is 30.0 Å². The fourth-order valence-electron chi connectivity index (χ4n) is 1.78. The lowest BCUT2D eigenvalue weighted by Gasteiger charge is -2.12. The molecule has 1 aliphatic rings. The van der Waals surface area contributed by atoms with Crippen LogP contribution in [-0.2, 0) is 20.9 Å². The summed E-state index contributed by atoms with van der Waals surface area (Å²) in [5.41, 5.74) is 0. The van der Waals surface area contributed by atoms with E-state index in [9.17, 15) is 9.59 Å². The molecule has 1 aromatic rings. The van der Waals surface area contributed by atoms with Gasteiger partial charge in [-0.2, -0.15) is 0 Å². The highest BCUT2D eigenvalue weighted by Crippen LogP contribution is 2.18. The predicted octanol–water partition coefficient (Wildman–Crippen LogP) is 0.446. The monoisotopic (exact) mass is 284 g/mol. The fourth-order valence-corrected chi connectivity index (χ4v) is 1.98. The zero-order chi connectivity index (χ0) is 14.0. The first-order valence-corrected chi connectivity index (χ1v) is 5.98. The van der Waals surface area contributed by atoms with Crippen molar-refractivity contribution >= 4 is 29.2 Å². The van der Waals surface area contributed by atoms with Gasteiger partial charge in [-0.05, 0) is 0 Å². The van der Waals surface area contributed by atoms with Crippen molar-refractivity contribution in [3.05, 3.63) is 17.0 Å². The molecule has 1 atom stereocenters. The van der Waals surface area contributed by atoms with Crippen LogP contribution in [-0.4, -0.2) is 46.9 Å². The standard InChI is InChI=1S/C11H13ClN4O3/c1-16-10(17)3-6(11(16)18)13-8-4-7(12)14-9(15-8)5-19-2/h4,6H,3,5H2,1-2H3,(H,13,14,15). The molecule has 0 bridgehead atoms. The van der Waals surface area contributed by atoms with Crippen molar-refractivity contribution in [1.29, 1.82) is 0 Å². The second kappa shape index (κ2) is 5.50. The molecule has 0 saturated carbocycles. The van der Waals surface area contributed by atoms with Crippen molar-refractivity contribution in [1.82, 2.24) is 14.9 Å². The van der Waals surface area contributed by atoms with Crippen molar-refractivity contribution in [3.8, 4) is 0 Å². The van der Waals surface area contributed by atoms with Crippen molar-refractivity contribution < 1.29 is 14.3 Å². The number of methoxy groups -OCH3 is 1. The molecule has 0 aliphatic carbocycles. The Morgan fingerprint density at radius 1 is 1.53 bits per heavy atom. The number of carbonyl (C=O) groups excluding carboxylic acids is 2. The second-order valence-electron chi connectivity index (χ2n) is 4.12. The van der Waals surface area contributed by atoms with Crippen LogP contribution in [0.2, 0.25) is 5.15 Å². The molecule has 1 N–H and O–H groups in total. The zero-order valence-corrected chi connectivity index (χ0v) is 11.3. The third-order valence-electron chi connectivity index (χ3n) is 2.72. The third kappa shape index (κ3) is 2.99. The predicted molar refractivity (Wildman–Crippen MR) is 67.6 cm³/mol. The van der Waals surface area contributed by atoms with Crippen LogP contribution in [0.25, 0.3) is 0 Å². The van der Waals surface area contributed by atoms with Crippen LogP contribution in [0.1, 0.15) is 12.2 Å². The maximum Gasteiger partial charge on any atom is 0.251 e. The lowest BCUT2D eigenvalue weighted by molar-refractivity contribution is -0.136. The van der Waals surface area contributed by atoms with Gasteiger partial charge in [-0.3, -0.25) is 14.5 Å². The number of likely N-dealkylation sites (tertiary alicyclic amines) is 1. The zero-order valence-electron chi connectivity index (χ0n) is 10.5. The number of nitrogens with one attached hydrogen (secondary N) is 1. The van der Waals surface area contributed by atoms with E-state index >= 15 is 0 Å². The first kappa shape index (κ1) is 13.7. The topological polar surface area (TPSA) is 84.4 Å². The van der Waals surface area contributed by atoms with Gasteiger partial charge in [0.1, 0.15) is 23.6 Å². The summed E-state index contributed by atoms with van der Waals surface area (Å²) < 4.78 is 4.92. The third-order valence-corrected chi connectivity index (χ3v) is 2.91. The van der Waals surface area contributed by atoms with Crippen LogP contribution in [0, 0.1) is 0 Å². The maximum atomic E-state index is 11.8. The molecule has 0 aromatic carbocycles. The lowest BCUT2D eigenvalue weighted by Crippen LogP contribution is -2.32. The highest BCUT2D eigenvalue weighted by molar-refractivity contribution is 6.29. The van der Waals surface area contributed by atoms with E-state index in [1.165, 1.54) is 20.2 Å². The number of hydrogen-bond donors (Lipinski definition) is 1. The van der Waals surface area contributed by atoms with Crippen LogP contribution in [0.15, 0.2) is 6.07 Å². The Bertz CT molecular complexity index is 523. The van der Waals surface area contributed by atoms with Gasteiger partial charge < -0.3 is 10.1 Å². The van der Waals surface area contributed by atoms with Crippen molar-refractivity contribution in [3.63, 3.8) is 0 Å². The van der Waals surface area contributed by atoms with E-state index in [1.54, 1.807) is 0 Å². The number of anilines is 1. The molecule has 8 heteroatoms. The number of likely N-dealkylation sites (N-methyl/N-ethyl adjacent to an activating group) is 1. The van der Waals surface area contributed by atoms with E-state index in [0.717, 1.165) is 4.90 Å². The Labute approximate surface area is 114 Å². The number of amides is 2. The summed E-state index contributed by atoms with van der Waals surface area (Å²) in [6, 6.07) is 0.885. The average molecular weight is 285 g/mol. The summed E-state index contributed by atoms with van der Waals surface area (Å²) in [6.07, 6.45) is 0.108. The molecule has 0 radical (unpaired) electrons. The molecule has 1 aromatic heterocycles. The molecule has 1 saturated heterocycles. The molecule has 1 unspecified atom stereocenters. The van der Waals surface area contributed by atoms with E-state index in [2.05, 4.69) is 15.3 Å². The molecular weight excluding hydrogens is 272 g/mol. The maximum absolute atomic E-state index is 11.8. The summed E-state index contributed by atoms with van der Waals surface area (Å²) in [5, 5.41) is 3.13. The van der Waals surface area contributed by atoms with E-state index in [0.29, 0.717) is 11.6 Å². The van der Waals surface area contributed by atoms with Crippen LogP contribution >= 0.6 is 11.6 Å². The minimum absolute atomic E-state index is 0.108. The van der Waals surface area contributed by atoms with Crippen LogP contribution in [0.4, 0.5) is 5.82 Å². The van der Waals surface area contributed by atoms with Gasteiger partial charge in [-0.15, -0.1) is 0 Å². The first-order chi connectivity index (χ1) is 9.01. The van der Waals surface area contributed by atoms with Crippen molar-refractivity contribution in [2.24, 2.45) is 0 Å². The second-order valence-corrected chi connectivity index (χ2v) is 4.50. The molecule has 2 rings (SSSR count). The number of rotatable bonds is 4. The minimum atomic E-state index is -0.612. The molecule has 2 amide bonds. The van der Waals surface area contributed by atoms with Crippen LogP contribution in [0.5, 0.6) is 0 Å². The van der Waals surface area contributed by atoms with Gasteiger partial charge >= 0.3 is 0 Å². The number of hydrogen-bond acceptors (Lipinski definition) is 6. The van der Waals surface area contributed by atoms with E-state index in [1.807, 2.05) is 0 Å². The molecule has 1 aliphatic heterocycles. The summed E-state index contributed by atoms with van der Waals surface area (Å²) in [4.78, 5) is 32.4. The highest BCUT2D eigenvalue weighted by atomic mass is 35.5. The fraction of sp³-hybridized carbons (Fsp3) is 0.455. The molecule has 102 valence electrons. The van der Waals surface area contributed by atoms with Gasteiger partial charge in [0.25, 0.3) is 5.91 Å². The molecule has 1 fully saturated rings. The van der Waals surface area contributed by atoms with Gasteiger partial charge in [-0.25, -0.2) is 9.97 Å². The van der Waals surface area contributed by atoms with Crippen molar-refractivity contribution in [2.45, 2.75) is 19.1 Å². The average Bonchev–Trinajstić information content (AvgIpc) is 2.57. The number of aromatic nitrogens is 2. The van der Waals surface area contributed by atoms with E-state index < -0.39 is 6.04 Å². The SMILES string of the molecule is COCc1nc(Cl)cc(NC2CC(=O)N(C)C2=O)n1. The summed E-state index contributed by atoms with van der Waals surface area (Å²) in [5.74, 6) is 0.295. The van der Waals surface area contributed by atoms with Gasteiger partial charge in [0.05, 0.1) is 6.42 Å². The number of carbonyl (C=O) groups is 2. The quantitative estimate of drug-likeness (QED) is 0.638. The van der Waals surface area contributed by atoms with Crippen LogP contribution < -0.4 is 5.32 Å². The van der Waals surface area contributed by atoms with Gasteiger partial charge in [-0.1, -0.05) is 11.6 Å². The molecule has 0 spiro atoms. The Balaban J connectivity index is 2.15. The Morgan fingerprint density at radius 3 is 2.84 bits per heavy atom. The minimum Gasteiger partial charge on any atom is -0.377 e.